The fraction of sp³-hybridized carbons (Fsp3) is 0. The molecule has 0 spiro atoms. The van der Waals surface area contributed by atoms with Crippen LogP contribution >= 0.6 is 0 Å². The summed E-state index contributed by atoms with van der Waals surface area (Å²) in [4.78, 5) is 7.44. The number of phenols is 1. The van der Waals surface area contributed by atoms with Crippen molar-refractivity contribution in [2.24, 2.45) is 0 Å². The molecule has 0 aliphatic carbocycles. The van der Waals surface area contributed by atoms with Crippen LogP contribution in [0.1, 0.15) is 0 Å². The summed E-state index contributed by atoms with van der Waals surface area (Å²) in [6.45, 7) is 0. The van der Waals surface area contributed by atoms with E-state index in [1.54, 1.807) is 24.4 Å². The van der Waals surface area contributed by atoms with Crippen molar-refractivity contribution in [2.45, 2.75) is 0 Å². The molecule has 0 unspecified atom stereocenters. The predicted octanol–water partition coefficient (Wildman–Crippen LogP) is 3.58. The fourth-order valence-corrected chi connectivity index (χ4v) is 2.06. The molecule has 1 N–H and O–H groups in total. The van der Waals surface area contributed by atoms with E-state index >= 15 is 0 Å². The van der Waals surface area contributed by atoms with Gasteiger partial charge in [-0.15, -0.1) is 0 Å². The molecule has 1 heterocycles. The Hall–Kier alpha value is -2.67. The van der Waals surface area contributed by atoms with Crippen LogP contribution in [0.3, 0.4) is 0 Å². The lowest BCUT2D eigenvalue weighted by atomic mass is 10.0. The minimum Gasteiger partial charge on any atom is -0.501 e. The molecule has 0 atom stereocenters. The van der Waals surface area contributed by atoms with E-state index in [1.165, 1.54) is 0 Å². The Bertz CT molecular complexity index is 775. The van der Waals surface area contributed by atoms with Crippen LogP contribution in [0.25, 0.3) is 26.7 Å². The van der Waals surface area contributed by atoms with Gasteiger partial charge in [-0.1, -0.05) is 24.3 Å². The third-order valence-electron chi connectivity index (χ3n) is 2.82. The number of nitrogens with zero attached hydrogens (tertiary/aromatic N) is 3. The van der Waals surface area contributed by atoms with Crippen molar-refractivity contribution in [3.8, 4) is 5.75 Å². The van der Waals surface area contributed by atoms with E-state index in [0.717, 1.165) is 5.39 Å². The van der Waals surface area contributed by atoms with Crippen molar-refractivity contribution in [3.05, 3.63) is 47.6 Å². The SMILES string of the molecule is N#[N+]c1c(O)c2ccccc2c2ncccc12. The van der Waals surface area contributed by atoms with Crippen LogP contribution in [0.4, 0.5) is 5.69 Å². The maximum Gasteiger partial charge on any atom is 0.436 e. The molecular formula is C13H8N3O+. The smallest absolute Gasteiger partial charge is 0.436 e. The van der Waals surface area contributed by atoms with Crippen molar-refractivity contribution >= 4 is 27.4 Å². The van der Waals surface area contributed by atoms with Gasteiger partial charge < -0.3 is 5.11 Å². The molecule has 4 nitrogen and oxygen atoms in total. The van der Waals surface area contributed by atoms with Gasteiger partial charge in [0.2, 0.25) is 11.1 Å². The second-order valence-corrected chi connectivity index (χ2v) is 3.74. The van der Waals surface area contributed by atoms with Gasteiger partial charge in [-0.25, -0.2) is 0 Å². The molecule has 0 aliphatic heterocycles. The predicted molar refractivity (Wildman–Crippen MR) is 65.7 cm³/mol. The molecule has 0 saturated carbocycles. The first-order valence-electron chi connectivity index (χ1n) is 5.16. The van der Waals surface area contributed by atoms with Crippen LogP contribution in [0.2, 0.25) is 0 Å². The largest absolute Gasteiger partial charge is 0.501 e. The first kappa shape index (κ1) is 9.55. The highest BCUT2D eigenvalue weighted by Crippen LogP contribution is 2.41. The van der Waals surface area contributed by atoms with Gasteiger partial charge in [0.15, 0.2) is 4.98 Å². The highest BCUT2D eigenvalue weighted by atomic mass is 16.3. The van der Waals surface area contributed by atoms with Crippen LogP contribution in [0.5, 0.6) is 5.75 Å². The van der Waals surface area contributed by atoms with Crippen molar-refractivity contribution in [2.75, 3.05) is 0 Å². The van der Waals surface area contributed by atoms with E-state index in [2.05, 4.69) is 9.96 Å². The number of diazo groups is 1. The Labute approximate surface area is 96.8 Å². The Balaban J connectivity index is 2.70. The zero-order valence-electron chi connectivity index (χ0n) is 8.83. The molecule has 3 aromatic rings. The molecule has 17 heavy (non-hydrogen) atoms. The van der Waals surface area contributed by atoms with Crippen molar-refractivity contribution < 1.29 is 5.11 Å². The highest BCUT2D eigenvalue weighted by molar-refractivity contribution is 6.14. The number of rotatable bonds is 0. The van der Waals surface area contributed by atoms with Crippen LogP contribution < -0.4 is 0 Å². The first-order valence-corrected chi connectivity index (χ1v) is 5.16. The van der Waals surface area contributed by atoms with Gasteiger partial charge >= 0.3 is 5.69 Å². The van der Waals surface area contributed by atoms with Crippen LogP contribution in [0.15, 0.2) is 42.6 Å². The Kier molecular flexibility index (Phi) is 1.92. The van der Waals surface area contributed by atoms with E-state index in [4.69, 9.17) is 5.39 Å². The summed E-state index contributed by atoms with van der Waals surface area (Å²) in [5.41, 5.74) is 0.875. The number of hydrogen-bond donors (Lipinski definition) is 1. The normalized spacial score (nSPS) is 10.5. The molecule has 0 radical (unpaired) electrons. The zero-order chi connectivity index (χ0) is 11.8. The van der Waals surface area contributed by atoms with Gasteiger partial charge in [0, 0.05) is 17.0 Å². The van der Waals surface area contributed by atoms with Gasteiger partial charge in [0.05, 0.1) is 5.52 Å². The minimum absolute atomic E-state index is 0.0244. The molecule has 4 heteroatoms. The molecular weight excluding hydrogens is 214 g/mol. The quantitative estimate of drug-likeness (QED) is 0.467. The van der Waals surface area contributed by atoms with Gasteiger partial charge in [0.1, 0.15) is 5.39 Å². The van der Waals surface area contributed by atoms with Gasteiger partial charge in [-0.2, -0.15) is 0 Å². The summed E-state index contributed by atoms with van der Waals surface area (Å²) in [5.74, 6) is -0.0244. The lowest BCUT2D eigenvalue weighted by Gasteiger charge is -2.02. The molecule has 0 bridgehead atoms. The molecule has 0 aliphatic rings. The van der Waals surface area contributed by atoms with E-state index < -0.39 is 0 Å². The molecule has 1 aromatic heterocycles. The summed E-state index contributed by atoms with van der Waals surface area (Å²) in [7, 11) is 0. The summed E-state index contributed by atoms with van der Waals surface area (Å²) in [6, 6.07) is 10.9. The second-order valence-electron chi connectivity index (χ2n) is 3.74. The summed E-state index contributed by atoms with van der Waals surface area (Å²) in [6.07, 6.45) is 1.67. The van der Waals surface area contributed by atoms with E-state index in [1.807, 2.05) is 18.2 Å². The number of fused-ring (bicyclic) bond motifs is 3. The topological polar surface area (TPSA) is 61.3 Å². The molecule has 0 fully saturated rings. The Morgan fingerprint density at radius 2 is 1.71 bits per heavy atom. The van der Waals surface area contributed by atoms with Gasteiger partial charge in [-0.05, 0) is 12.1 Å². The Morgan fingerprint density at radius 1 is 1.00 bits per heavy atom. The number of phenolic OH excluding ortho intramolecular Hbond substituents is 1. The highest BCUT2D eigenvalue weighted by Gasteiger charge is 2.23. The average molecular weight is 222 g/mol. The van der Waals surface area contributed by atoms with Gasteiger partial charge in [-0.3, -0.25) is 4.98 Å². The summed E-state index contributed by atoms with van der Waals surface area (Å²) >= 11 is 0. The summed E-state index contributed by atoms with van der Waals surface area (Å²) < 4.78 is 0. The minimum atomic E-state index is -0.0244. The molecule has 0 amide bonds. The number of aromatic hydroxyl groups is 1. The Morgan fingerprint density at radius 3 is 2.47 bits per heavy atom. The molecule has 0 saturated heterocycles. The van der Waals surface area contributed by atoms with Crippen molar-refractivity contribution in [1.82, 2.24) is 4.98 Å². The van der Waals surface area contributed by atoms with E-state index in [0.29, 0.717) is 16.3 Å². The van der Waals surface area contributed by atoms with E-state index in [-0.39, 0.29) is 11.4 Å². The van der Waals surface area contributed by atoms with Crippen LogP contribution in [-0.4, -0.2) is 10.1 Å². The third-order valence-corrected chi connectivity index (χ3v) is 2.82. The van der Waals surface area contributed by atoms with E-state index in [9.17, 15) is 5.11 Å². The van der Waals surface area contributed by atoms with Crippen LogP contribution in [-0.2, 0) is 0 Å². The third kappa shape index (κ3) is 1.23. The number of pyridine rings is 1. The fourth-order valence-electron chi connectivity index (χ4n) is 2.06. The zero-order valence-corrected chi connectivity index (χ0v) is 8.83. The maximum absolute atomic E-state index is 10.1. The summed E-state index contributed by atoms with van der Waals surface area (Å²) in [5, 5.41) is 21.2. The van der Waals surface area contributed by atoms with Crippen LogP contribution in [0, 0.1) is 5.39 Å². The lowest BCUT2D eigenvalue weighted by Crippen LogP contribution is -1.83. The maximum atomic E-state index is 10.1. The second kappa shape index (κ2) is 3.42. The van der Waals surface area contributed by atoms with Crippen molar-refractivity contribution in [3.63, 3.8) is 0 Å². The first-order chi connectivity index (χ1) is 8.33. The molecule has 80 valence electrons. The van der Waals surface area contributed by atoms with Crippen molar-refractivity contribution in [1.29, 1.82) is 5.39 Å². The van der Waals surface area contributed by atoms with Gasteiger partial charge in [0.25, 0.3) is 0 Å². The monoisotopic (exact) mass is 222 g/mol. The lowest BCUT2D eigenvalue weighted by molar-refractivity contribution is 0.485. The number of hydrogen-bond acceptors (Lipinski definition) is 3. The standard InChI is InChI=1S/C13H7N3O/c14-16-12-10-6-3-7-15-11(10)8-4-1-2-5-9(8)13(12)17/h1-7H/p+1. The number of aromatic nitrogens is 1. The average Bonchev–Trinajstić information content (AvgIpc) is 2.40. The molecule has 2 aromatic carbocycles. The molecule has 3 rings (SSSR count). The number of benzene rings is 2.